The van der Waals surface area contributed by atoms with Crippen LogP contribution in [-0.2, 0) is 4.79 Å². The first-order valence-corrected chi connectivity index (χ1v) is 6.81. The second-order valence-corrected chi connectivity index (χ2v) is 5.20. The molecule has 1 atom stereocenters. The quantitative estimate of drug-likeness (QED) is 0.876. The van der Waals surface area contributed by atoms with Gasteiger partial charge in [0.25, 0.3) is 5.91 Å². The number of hydrogen-bond acceptors (Lipinski definition) is 3. The molecule has 1 N–H and O–H groups in total. The third kappa shape index (κ3) is 3.36. The van der Waals surface area contributed by atoms with Gasteiger partial charge in [-0.2, -0.15) is 0 Å². The van der Waals surface area contributed by atoms with Crippen LogP contribution in [0.15, 0.2) is 30.3 Å². The summed E-state index contributed by atoms with van der Waals surface area (Å²) in [6.07, 6.45) is 0.832. The molecule has 2 rings (SSSR count). The van der Waals surface area contributed by atoms with E-state index < -0.39 is 0 Å². The minimum atomic E-state index is -0.156. The summed E-state index contributed by atoms with van der Waals surface area (Å²) >= 11 is 0. The molecule has 1 fully saturated rings. The Kier molecular flexibility index (Phi) is 4.74. The Labute approximate surface area is 118 Å². The molecule has 0 spiro atoms. The Morgan fingerprint density at radius 1 is 1.35 bits per heavy atom. The second kappa shape index (κ2) is 6.52. The first-order chi connectivity index (χ1) is 9.61. The predicted octanol–water partition coefficient (Wildman–Crippen LogP) is 0.599. The molecule has 108 valence electrons. The summed E-state index contributed by atoms with van der Waals surface area (Å²) in [5.41, 5.74) is 0.581. The maximum atomic E-state index is 12.1. The topological polar surface area (TPSA) is 60.9 Å². The molecule has 5 nitrogen and oxygen atoms in total. The summed E-state index contributed by atoms with van der Waals surface area (Å²) < 4.78 is 0. The van der Waals surface area contributed by atoms with Gasteiger partial charge in [-0.25, -0.2) is 0 Å². The van der Waals surface area contributed by atoms with Crippen molar-refractivity contribution in [1.29, 1.82) is 0 Å². The average Bonchev–Trinajstić information content (AvgIpc) is 2.96. The molecule has 1 aliphatic heterocycles. The van der Waals surface area contributed by atoms with Gasteiger partial charge in [0, 0.05) is 38.2 Å². The SMILES string of the molecule is CN(CC(=O)N1CCC(CO)C1)C(=O)c1ccccc1. The average molecular weight is 276 g/mol. The van der Waals surface area contributed by atoms with E-state index >= 15 is 0 Å². The maximum absolute atomic E-state index is 12.1. The lowest BCUT2D eigenvalue weighted by atomic mass is 10.1. The standard InChI is InChI=1S/C15H20N2O3/c1-16(15(20)13-5-3-2-4-6-13)10-14(19)17-8-7-12(9-17)11-18/h2-6,12,18H,7-11H2,1H3. The Balaban J connectivity index is 1.90. The third-order valence-electron chi connectivity index (χ3n) is 3.64. The number of likely N-dealkylation sites (tertiary alicyclic amines) is 1. The normalized spacial score (nSPS) is 18.1. The van der Waals surface area contributed by atoms with Crippen LogP contribution in [0.2, 0.25) is 0 Å². The molecule has 2 amide bonds. The highest BCUT2D eigenvalue weighted by molar-refractivity contribution is 5.96. The van der Waals surface area contributed by atoms with Crippen LogP contribution in [0.4, 0.5) is 0 Å². The lowest BCUT2D eigenvalue weighted by molar-refractivity contribution is -0.130. The van der Waals surface area contributed by atoms with E-state index in [9.17, 15) is 9.59 Å². The lowest BCUT2D eigenvalue weighted by Gasteiger charge is -2.21. The summed E-state index contributed by atoms with van der Waals surface area (Å²) in [6, 6.07) is 8.92. The molecule has 0 bridgehead atoms. The first kappa shape index (κ1) is 14.5. The monoisotopic (exact) mass is 276 g/mol. The van der Waals surface area contributed by atoms with E-state index in [1.807, 2.05) is 6.07 Å². The minimum Gasteiger partial charge on any atom is -0.396 e. The fraction of sp³-hybridized carbons (Fsp3) is 0.467. The van der Waals surface area contributed by atoms with Crippen molar-refractivity contribution < 1.29 is 14.7 Å². The molecule has 1 unspecified atom stereocenters. The predicted molar refractivity (Wildman–Crippen MR) is 75.2 cm³/mol. The zero-order valence-corrected chi connectivity index (χ0v) is 11.7. The third-order valence-corrected chi connectivity index (χ3v) is 3.64. The number of aliphatic hydroxyl groups is 1. The number of nitrogens with zero attached hydrogens (tertiary/aromatic N) is 2. The van der Waals surface area contributed by atoms with Crippen LogP contribution in [0.1, 0.15) is 16.8 Å². The van der Waals surface area contributed by atoms with Crippen molar-refractivity contribution in [3.63, 3.8) is 0 Å². The van der Waals surface area contributed by atoms with E-state index in [0.29, 0.717) is 18.7 Å². The van der Waals surface area contributed by atoms with Gasteiger partial charge in [0.05, 0.1) is 6.54 Å². The lowest BCUT2D eigenvalue weighted by Crippen LogP contribution is -2.40. The largest absolute Gasteiger partial charge is 0.396 e. The molecule has 1 aromatic rings. The highest BCUT2D eigenvalue weighted by atomic mass is 16.3. The van der Waals surface area contributed by atoms with Crippen molar-refractivity contribution in [3.05, 3.63) is 35.9 Å². The Morgan fingerprint density at radius 3 is 2.65 bits per heavy atom. The van der Waals surface area contributed by atoms with Crippen molar-refractivity contribution >= 4 is 11.8 Å². The summed E-state index contributed by atoms with van der Waals surface area (Å²) in [5.74, 6) is -0.0429. The number of carbonyl (C=O) groups excluding carboxylic acids is 2. The van der Waals surface area contributed by atoms with Crippen LogP contribution < -0.4 is 0 Å². The number of likely N-dealkylation sites (N-methyl/N-ethyl adjacent to an activating group) is 1. The molecule has 0 radical (unpaired) electrons. The highest BCUT2D eigenvalue weighted by Gasteiger charge is 2.27. The van der Waals surface area contributed by atoms with E-state index in [0.717, 1.165) is 6.42 Å². The van der Waals surface area contributed by atoms with Gasteiger partial charge in [-0.15, -0.1) is 0 Å². The van der Waals surface area contributed by atoms with Gasteiger partial charge in [0.2, 0.25) is 5.91 Å². The van der Waals surface area contributed by atoms with Crippen molar-refractivity contribution in [2.75, 3.05) is 33.3 Å². The van der Waals surface area contributed by atoms with Gasteiger partial charge >= 0.3 is 0 Å². The van der Waals surface area contributed by atoms with E-state index in [2.05, 4.69) is 0 Å². The molecule has 1 heterocycles. The number of amides is 2. The van der Waals surface area contributed by atoms with Gasteiger partial charge in [0.15, 0.2) is 0 Å². The second-order valence-electron chi connectivity index (χ2n) is 5.20. The van der Waals surface area contributed by atoms with Crippen LogP contribution in [-0.4, -0.2) is 60.0 Å². The number of aliphatic hydroxyl groups excluding tert-OH is 1. The highest BCUT2D eigenvalue weighted by Crippen LogP contribution is 2.15. The van der Waals surface area contributed by atoms with Gasteiger partial charge < -0.3 is 14.9 Å². The van der Waals surface area contributed by atoms with Gasteiger partial charge in [0.1, 0.15) is 0 Å². The number of carbonyl (C=O) groups is 2. The van der Waals surface area contributed by atoms with E-state index in [4.69, 9.17) is 5.11 Å². The fourth-order valence-corrected chi connectivity index (χ4v) is 2.38. The maximum Gasteiger partial charge on any atom is 0.254 e. The summed E-state index contributed by atoms with van der Waals surface area (Å²) in [4.78, 5) is 27.4. The number of hydrogen-bond donors (Lipinski definition) is 1. The van der Waals surface area contributed by atoms with Crippen LogP contribution in [0.3, 0.4) is 0 Å². The smallest absolute Gasteiger partial charge is 0.254 e. The number of rotatable bonds is 4. The zero-order valence-electron chi connectivity index (χ0n) is 11.7. The molecule has 0 aromatic heterocycles. The molecular weight excluding hydrogens is 256 g/mol. The summed E-state index contributed by atoms with van der Waals surface area (Å²) in [6.45, 7) is 1.44. The molecule has 20 heavy (non-hydrogen) atoms. The molecule has 1 saturated heterocycles. The van der Waals surface area contributed by atoms with Crippen molar-refractivity contribution in [3.8, 4) is 0 Å². The van der Waals surface area contributed by atoms with Crippen LogP contribution in [0.5, 0.6) is 0 Å². The van der Waals surface area contributed by atoms with Gasteiger partial charge in [-0.05, 0) is 18.6 Å². The van der Waals surface area contributed by atoms with Crippen molar-refractivity contribution in [2.24, 2.45) is 5.92 Å². The Bertz CT molecular complexity index is 475. The molecule has 5 heteroatoms. The van der Waals surface area contributed by atoms with Crippen LogP contribution in [0, 0.1) is 5.92 Å². The van der Waals surface area contributed by atoms with E-state index in [1.165, 1.54) is 4.90 Å². The zero-order chi connectivity index (χ0) is 14.5. The fourth-order valence-electron chi connectivity index (χ4n) is 2.38. The molecule has 1 aromatic carbocycles. The van der Waals surface area contributed by atoms with E-state index in [-0.39, 0.29) is 30.9 Å². The van der Waals surface area contributed by atoms with Crippen molar-refractivity contribution in [2.45, 2.75) is 6.42 Å². The molecular formula is C15H20N2O3. The van der Waals surface area contributed by atoms with Crippen LogP contribution in [0.25, 0.3) is 0 Å². The van der Waals surface area contributed by atoms with Crippen molar-refractivity contribution in [1.82, 2.24) is 9.80 Å². The summed E-state index contributed by atoms with van der Waals surface area (Å²) in [7, 11) is 1.63. The molecule has 1 aliphatic rings. The molecule has 0 saturated carbocycles. The summed E-state index contributed by atoms with van der Waals surface area (Å²) in [5, 5.41) is 9.08. The first-order valence-electron chi connectivity index (χ1n) is 6.81. The Hall–Kier alpha value is -1.88. The minimum absolute atomic E-state index is 0.0623. The Morgan fingerprint density at radius 2 is 2.05 bits per heavy atom. The van der Waals surface area contributed by atoms with Gasteiger partial charge in [-0.3, -0.25) is 9.59 Å². The van der Waals surface area contributed by atoms with E-state index in [1.54, 1.807) is 36.2 Å². The van der Waals surface area contributed by atoms with Gasteiger partial charge in [-0.1, -0.05) is 18.2 Å². The number of benzene rings is 1. The van der Waals surface area contributed by atoms with Crippen LogP contribution >= 0.6 is 0 Å². The molecule has 0 aliphatic carbocycles.